The average molecular weight is 378 g/mol. The van der Waals surface area contributed by atoms with E-state index in [0.29, 0.717) is 5.82 Å². The zero-order valence-corrected chi connectivity index (χ0v) is 15.0. The van der Waals surface area contributed by atoms with Crippen LogP contribution in [0.1, 0.15) is 54.8 Å². The van der Waals surface area contributed by atoms with Crippen LogP contribution in [0.5, 0.6) is 0 Å². The van der Waals surface area contributed by atoms with E-state index in [4.69, 9.17) is 0 Å². The van der Waals surface area contributed by atoms with Crippen molar-refractivity contribution in [3.05, 3.63) is 47.2 Å². The van der Waals surface area contributed by atoms with Gasteiger partial charge in [0.15, 0.2) is 17.5 Å². The Bertz CT molecular complexity index is 836. The van der Waals surface area contributed by atoms with Gasteiger partial charge in [-0.15, -0.1) is 0 Å². The largest absolute Gasteiger partial charge is 0.348 e. The van der Waals surface area contributed by atoms with Crippen molar-refractivity contribution in [2.24, 2.45) is 0 Å². The predicted molar refractivity (Wildman–Crippen MR) is 95.3 cm³/mol. The Morgan fingerprint density at radius 3 is 2.44 bits per heavy atom. The molecule has 0 atom stereocenters. The van der Waals surface area contributed by atoms with Gasteiger partial charge in [0.2, 0.25) is 0 Å². The molecule has 8 heteroatoms. The summed E-state index contributed by atoms with van der Waals surface area (Å²) in [4.78, 5) is 20.7. The summed E-state index contributed by atoms with van der Waals surface area (Å²) < 4.78 is 40.3. The zero-order valence-electron chi connectivity index (χ0n) is 15.0. The fraction of sp³-hybridized carbons (Fsp3) is 0.421. The fourth-order valence-electron chi connectivity index (χ4n) is 3.19. The molecule has 5 nitrogen and oxygen atoms in total. The number of aryl methyl sites for hydroxylation is 1. The molecular formula is C19H21F3N4O. The maximum Gasteiger partial charge on any atom is 0.270 e. The number of rotatable bonds is 4. The van der Waals surface area contributed by atoms with E-state index in [1.807, 2.05) is 0 Å². The lowest BCUT2D eigenvalue weighted by atomic mass is 10.1. The van der Waals surface area contributed by atoms with Gasteiger partial charge in [-0.3, -0.25) is 4.79 Å². The van der Waals surface area contributed by atoms with Crippen molar-refractivity contribution in [2.75, 3.05) is 5.32 Å². The van der Waals surface area contributed by atoms with Crippen LogP contribution >= 0.6 is 0 Å². The first kappa shape index (κ1) is 19.1. The van der Waals surface area contributed by atoms with E-state index in [0.717, 1.165) is 37.8 Å². The highest BCUT2D eigenvalue weighted by Crippen LogP contribution is 2.23. The number of benzene rings is 1. The van der Waals surface area contributed by atoms with Crippen molar-refractivity contribution in [1.29, 1.82) is 0 Å². The normalized spacial score (nSPS) is 15.3. The number of halogens is 3. The van der Waals surface area contributed by atoms with Gasteiger partial charge in [0, 0.05) is 12.1 Å². The van der Waals surface area contributed by atoms with Gasteiger partial charge in [0.25, 0.3) is 5.91 Å². The number of carbonyl (C=O) groups is 1. The summed E-state index contributed by atoms with van der Waals surface area (Å²) in [5.41, 5.74) is -0.139. The van der Waals surface area contributed by atoms with E-state index in [-0.39, 0.29) is 29.1 Å². The quantitative estimate of drug-likeness (QED) is 0.611. The third kappa shape index (κ3) is 4.75. The van der Waals surface area contributed by atoms with E-state index in [2.05, 4.69) is 20.6 Å². The van der Waals surface area contributed by atoms with Crippen LogP contribution in [0, 0.1) is 24.4 Å². The molecule has 1 aromatic carbocycles. The summed E-state index contributed by atoms with van der Waals surface area (Å²) in [6, 6.07) is 3.35. The van der Waals surface area contributed by atoms with Crippen molar-refractivity contribution in [1.82, 2.24) is 15.3 Å². The molecule has 144 valence electrons. The van der Waals surface area contributed by atoms with Crippen molar-refractivity contribution in [3.8, 4) is 0 Å². The molecule has 1 amide bonds. The number of hydrogen-bond acceptors (Lipinski definition) is 4. The summed E-state index contributed by atoms with van der Waals surface area (Å²) in [6.07, 6.45) is 6.37. The lowest BCUT2D eigenvalue weighted by molar-refractivity contribution is 0.0928. The van der Waals surface area contributed by atoms with Crippen LogP contribution in [-0.4, -0.2) is 21.9 Å². The van der Waals surface area contributed by atoms with Crippen LogP contribution in [0.4, 0.5) is 24.7 Å². The molecule has 1 aromatic heterocycles. The summed E-state index contributed by atoms with van der Waals surface area (Å²) in [5, 5.41) is 5.56. The van der Waals surface area contributed by atoms with Gasteiger partial charge < -0.3 is 10.6 Å². The molecule has 0 bridgehead atoms. The molecule has 3 rings (SSSR count). The Kier molecular flexibility index (Phi) is 5.93. The van der Waals surface area contributed by atoms with Crippen molar-refractivity contribution in [3.63, 3.8) is 0 Å². The van der Waals surface area contributed by atoms with Crippen LogP contribution in [0.25, 0.3) is 0 Å². The molecule has 27 heavy (non-hydrogen) atoms. The minimum Gasteiger partial charge on any atom is -0.348 e. The second-order valence-corrected chi connectivity index (χ2v) is 6.70. The SMILES string of the molecule is Cc1nc(Nc2ccc(F)c(F)c2F)cc(C(=O)NC2CCCCCC2)n1. The molecule has 0 spiro atoms. The Hall–Kier alpha value is -2.64. The molecule has 0 unspecified atom stereocenters. The second-order valence-electron chi connectivity index (χ2n) is 6.70. The van der Waals surface area contributed by atoms with Crippen molar-refractivity contribution < 1.29 is 18.0 Å². The van der Waals surface area contributed by atoms with E-state index in [1.165, 1.54) is 18.9 Å². The first-order valence-corrected chi connectivity index (χ1v) is 9.01. The van der Waals surface area contributed by atoms with Crippen LogP contribution < -0.4 is 10.6 Å². The lowest BCUT2D eigenvalue weighted by Crippen LogP contribution is -2.35. The van der Waals surface area contributed by atoms with E-state index >= 15 is 0 Å². The first-order valence-electron chi connectivity index (χ1n) is 9.01. The minimum absolute atomic E-state index is 0.107. The second kappa shape index (κ2) is 8.37. The molecule has 1 aliphatic rings. The third-order valence-corrected chi connectivity index (χ3v) is 4.56. The van der Waals surface area contributed by atoms with E-state index in [1.54, 1.807) is 6.92 Å². The van der Waals surface area contributed by atoms with Gasteiger partial charge in [-0.2, -0.15) is 0 Å². The fourth-order valence-corrected chi connectivity index (χ4v) is 3.19. The minimum atomic E-state index is -1.57. The molecule has 2 N–H and O–H groups in total. The maximum atomic E-state index is 13.9. The average Bonchev–Trinajstić information content (AvgIpc) is 2.90. The lowest BCUT2D eigenvalue weighted by Gasteiger charge is -2.16. The number of anilines is 2. The summed E-state index contributed by atoms with van der Waals surface area (Å²) >= 11 is 0. The van der Waals surface area contributed by atoms with Crippen molar-refractivity contribution >= 4 is 17.4 Å². The van der Waals surface area contributed by atoms with Gasteiger partial charge in [0.05, 0.1) is 5.69 Å². The standard InChI is InChI=1S/C19H21F3N4O/c1-11-23-15(19(27)25-12-6-4-2-3-5-7-12)10-16(24-11)26-14-9-8-13(20)17(21)18(14)22/h8-10,12H,2-7H2,1H3,(H,25,27)(H,23,24,26). The van der Waals surface area contributed by atoms with Crippen LogP contribution in [0.3, 0.4) is 0 Å². The molecule has 1 aliphatic carbocycles. The topological polar surface area (TPSA) is 66.9 Å². The predicted octanol–water partition coefficient (Wildman–Crippen LogP) is 4.40. The highest BCUT2D eigenvalue weighted by molar-refractivity contribution is 5.93. The number of nitrogens with one attached hydrogen (secondary N) is 2. The number of hydrogen-bond donors (Lipinski definition) is 2. The number of nitrogens with zero attached hydrogens (tertiary/aromatic N) is 2. The summed E-state index contributed by atoms with van der Waals surface area (Å²) in [5.74, 6) is -4.11. The highest BCUT2D eigenvalue weighted by atomic mass is 19.2. The molecule has 1 saturated carbocycles. The van der Waals surface area contributed by atoms with Gasteiger partial charge in [-0.25, -0.2) is 23.1 Å². The van der Waals surface area contributed by atoms with Crippen molar-refractivity contribution in [2.45, 2.75) is 51.5 Å². The van der Waals surface area contributed by atoms with E-state index in [9.17, 15) is 18.0 Å². The van der Waals surface area contributed by atoms with Gasteiger partial charge in [0.1, 0.15) is 17.3 Å². The number of amides is 1. The molecule has 0 saturated heterocycles. The number of carbonyl (C=O) groups excluding carboxylic acids is 1. The molecule has 1 heterocycles. The maximum absolute atomic E-state index is 13.9. The highest BCUT2D eigenvalue weighted by Gasteiger charge is 2.19. The Balaban J connectivity index is 1.77. The smallest absolute Gasteiger partial charge is 0.270 e. The molecular weight excluding hydrogens is 357 g/mol. The summed E-state index contributed by atoms with van der Waals surface area (Å²) in [7, 11) is 0. The van der Waals surface area contributed by atoms with Crippen LogP contribution in [-0.2, 0) is 0 Å². The Morgan fingerprint density at radius 1 is 1.04 bits per heavy atom. The zero-order chi connectivity index (χ0) is 19.4. The Morgan fingerprint density at radius 2 is 1.74 bits per heavy atom. The summed E-state index contributed by atoms with van der Waals surface area (Å²) in [6.45, 7) is 1.59. The van der Waals surface area contributed by atoms with Gasteiger partial charge in [-0.05, 0) is 31.9 Å². The van der Waals surface area contributed by atoms with Crippen LogP contribution in [0.2, 0.25) is 0 Å². The van der Waals surface area contributed by atoms with Crippen LogP contribution in [0.15, 0.2) is 18.2 Å². The van der Waals surface area contributed by atoms with E-state index < -0.39 is 17.5 Å². The van der Waals surface area contributed by atoms with Gasteiger partial charge >= 0.3 is 0 Å². The monoisotopic (exact) mass is 378 g/mol. The Labute approximate surface area is 155 Å². The molecule has 1 fully saturated rings. The molecule has 0 aliphatic heterocycles. The molecule has 0 radical (unpaired) electrons. The first-order chi connectivity index (χ1) is 12.9. The van der Waals surface area contributed by atoms with Gasteiger partial charge in [-0.1, -0.05) is 25.7 Å². The number of aromatic nitrogens is 2. The third-order valence-electron chi connectivity index (χ3n) is 4.56. The molecule has 2 aromatic rings.